The van der Waals surface area contributed by atoms with Gasteiger partial charge in [-0.3, -0.25) is 0 Å². The van der Waals surface area contributed by atoms with Crippen LogP contribution in [0.4, 0.5) is 0 Å². The monoisotopic (exact) mass is 293 g/mol. The minimum Gasteiger partial charge on any atom is -0.325 e. The minimum atomic E-state index is -3.81. The van der Waals surface area contributed by atoms with Gasteiger partial charge in [0, 0.05) is 0 Å². The number of hydrogen-bond donors (Lipinski definition) is 3. The molecule has 98 valence electrons. The van der Waals surface area contributed by atoms with Crippen molar-refractivity contribution in [2.75, 3.05) is 0 Å². The van der Waals surface area contributed by atoms with Crippen molar-refractivity contribution in [1.82, 2.24) is 0 Å². The molecule has 0 aliphatic carbocycles. The molecule has 0 amide bonds. The van der Waals surface area contributed by atoms with Crippen LogP contribution in [0.5, 0.6) is 0 Å². The van der Waals surface area contributed by atoms with Crippen LogP contribution < -0.4 is 0 Å². The third-order valence-corrected chi connectivity index (χ3v) is 2.13. The van der Waals surface area contributed by atoms with Crippen molar-refractivity contribution >= 4 is 18.5 Å². The second kappa shape index (κ2) is 7.15. The Balaban J connectivity index is 0.000000312. The molecular formula is C13H12NO3PS. The van der Waals surface area contributed by atoms with Crippen molar-refractivity contribution in [1.29, 1.82) is 5.26 Å². The fourth-order valence-corrected chi connectivity index (χ4v) is 1.45. The molecule has 0 saturated carbocycles. The fourth-order valence-electron chi connectivity index (χ4n) is 1.45. The molecule has 19 heavy (non-hydrogen) atoms. The van der Waals surface area contributed by atoms with Gasteiger partial charge in [-0.2, -0.15) is 5.26 Å². The van der Waals surface area contributed by atoms with Crippen LogP contribution in [0.15, 0.2) is 54.6 Å². The molecule has 0 saturated heterocycles. The molecule has 2 aromatic rings. The summed E-state index contributed by atoms with van der Waals surface area (Å²) in [6.45, 7) is -3.81. The van der Waals surface area contributed by atoms with Gasteiger partial charge in [0.05, 0.1) is 11.6 Å². The normalized spacial score (nSPS) is 10.0. The highest BCUT2D eigenvalue weighted by atomic mass is 32.5. The lowest BCUT2D eigenvalue weighted by atomic mass is 10.0. The zero-order valence-corrected chi connectivity index (χ0v) is 11.6. The van der Waals surface area contributed by atoms with E-state index < -0.39 is 6.72 Å². The first-order valence-corrected chi connectivity index (χ1v) is 7.90. The first-order valence-electron chi connectivity index (χ1n) is 5.24. The van der Waals surface area contributed by atoms with E-state index in [1.807, 2.05) is 54.6 Å². The lowest BCUT2D eigenvalue weighted by Crippen LogP contribution is -1.82. The molecule has 0 atom stereocenters. The summed E-state index contributed by atoms with van der Waals surface area (Å²) < 4.78 is 0. The highest BCUT2D eigenvalue weighted by molar-refractivity contribution is 8.06. The van der Waals surface area contributed by atoms with E-state index in [1.165, 1.54) is 0 Å². The van der Waals surface area contributed by atoms with Gasteiger partial charge in [0.1, 0.15) is 0 Å². The first-order chi connectivity index (χ1) is 8.92. The molecule has 0 spiro atoms. The molecule has 2 rings (SSSR count). The van der Waals surface area contributed by atoms with Crippen LogP contribution in [0.3, 0.4) is 0 Å². The maximum absolute atomic E-state index is 8.93. The molecule has 3 N–H and O–H groups in total. The number of nitrogens with zero attached hydrogens (tertiary/aromatic N) is 1. The van der Waals surface area contributed by atoms with Gasteiger partial charge < -0.3 is 14.7 Å². The average Bonchev–Trinajstić information content (AvgIpc) is 2.38. The van der Waals surface area contributed by atoms with Gasteiger partial charge >= 0.3 is 6.72 Å². The van der Waals surface area contributed by atoms with E-state index in [0.717, 1.165) is 16.7 Å². The average molecular weight is 293 g/mol. The van der Waals surface area contributed by atoms with Crippen molar-refractivity contribution in [2.45, 2.75) is 0 Å². The molecule has 0 aromatic heterocycles. The van der Waals surface area contributed by atoms with E-state index in [2.05, 4.69) is 17.9 Å². The Bertz CT molecular complexity index is 611. The molecule has 0 heterocycles. The second-order valence-corrected chi connectivity index (χ2v) is 6.03. The van der Waals surface area contributed by atoms with E-state index in [9.17, 15) is 0 Å². The zero-order valence-electron chi connectivity index (χ0n) is 9.84. The van der Waals surface area contributed by atoms with E-state index in [1.54, 1.807) is 0 Å². The van der Waals surface area contributed by atoms with Crippen molar-refractivity contribution < 1.29 is 14.7 Å². The highest BCUT2D eigenvalue weighted by Gasteiger charge is 2.01. The molecule has 6 heteroatoms. The van der Waals surface area contributed by atoms with Crippen LogP contribution in [-0.4, -0.2) is 14.7 Å². The van der Waals surface area contributed by atoms with Crippen molar-refractivity contribution in [2.24, 2.45) is 0 Å². The quantitative estimate of drug-likeness (QED) is 0.703. The summed E-state index contributed by atoms with van der Waals surface area (Å²) in [6, 6.07) is 19.8. The summed E-state index contributed by atoms with van der Waals surface area (Å²) >= 11 is 3.60. The molecular weight excluding hydrogens is 281 g/mol. The largest absolute Gasteiger partial charge is 0.325 e. The maximum atomic E-state index is 8.93. The van der Waals surface area contributed by atoms with E-state index >= 15 is 0 Å². The van der Waals surface area contributed by atoms with Crippen LogP contribution in [0, 0.1) is 11.3 Å². The molecule has 0 aliphatic rings. The number of nitriles is 1. The molecule has 0 fully saturated rings. The van der Waals surface area contributed by atoms with Gasteiger partial charge in [-0.25, -0.2) is 0 Å². The van der Waals surface area contributed by atoms with E-state index in [4.69, 9.17) is 19.9 Å². The summed E-state index contributed by atoms with van der Waals surface area (Å²) in [5.41, 5.74) is 2.80. The van der Waals surface area contributed by atoms with Gasteiger partial charge in [0.25, 0.3) is 0 Å². The Kier molecular flexibility index (Phi) is 5.84. The minimum absolute atomic E-state index is 0.721. The van der Waals surface area contributed by atoms with Gasteiger partial charge in [0.15, 0.2) is 0 Å². The Morgan fingerprint density at radius 2 is 1.37 bits per heavy atom. The first kappa shape index (κ1) is 15.5. The van der Waals surface area contributed by atoms with Crippen molar-refractivity contribution in [3.05, 3.63) is 60.2 Å². The molecule has 0 radical (unpaired) electrons. The van der Waals surface area contributed by atoms with Crippen molar-refractivity contribution in [3.8, 4) is 17.2 Å². The second-order valence-electron chi connectivity index (χ2n) is 3.54. The number of hydrogen-bond acceptors (Lipinski definition) is 2. The van der Waals surface area contributed by atoms with Gasteiger partial charge in [0.2, 0.25) is 0 Å². The Labute approximate surface area is 116 Å². The zero-order chi connectivity index (χ0) is 14.3. The third kappa shape index (κ3) is 6.25. The van der Waals surface area contributed by atoms with Gasteiger partial charge in [-0.1, -0.05) is 48.5 Å². The van der Waals surface area contributed by atoms with Crippen LogP contribution in [-0.2, 0) is 11.8 Å². The summed E-state index contributed by atoms with van der Waals surface area (Å²) in [7, 11) is 0. The molecule has 0 unspecified atom stereocenters. The fraction of sp³-hybridized carbons (Fsp3) is 0. The maximum Gasteiger partial charge on any atom is 0.319 e. The molecule has 2 aromatic carbocycles. The van der Waals surface area contributed by atoms with Crippen LogP contribution in [0.2, 0.25) is 0 Å². The Hall–Kier alpha value is -1.54. The Morgan fingerprint density at radius 1 is 0.895 bits per heavy atom. The SMILES string of the molecule is N#Cc1ccccc1-c1ccccc1.OP(O)(O)=S. The Morgan fingerprint density at radius 3 is 1.89 bits per heavy atom. The standard InChI is InChI=1S/C13H9N.H3O3PS/c14-10-12-8-4-5-9-13(12)11-6-2-1-3-7-11;1-4(2,3)5/h1-9H;(H3,1,2,3,5). The van der Waals surface area contributed by atoms with Gasteiger partial charge in [-0.05, 0) is 29.0 Å². The smallest absolute Gasteiger partial charge is 0.319 e. The summed E-state index contributed by atoms with van der Waals surface area (Å²) in [5.74, 6) is 0. The molecule has 0 aliphatic heterocycles. The number of benzene rings is 2. The van der Waals surface area contributed by atoms with E-state index in [0.29, 0.717) is 0 Å². The summed E-state index contributed by atoms with van der Waals surface area (Å²) in [6.07, 6.45) is 0. The topological polar surface area (TPSA) is 84.5 Å². The van der Waals surface area contributed by atoms with Crippen LogP contribution in [0.1, 0.15) is 5.56 Å². The van der Waals surface area contributed by atoms with Crippen LogP contribution in [0.25, 0.3) is 11.1 Å². The van der Waals surface area contributed by atoms with Crippen LogP contribution >= 0.6 is 6.72 Å². The predicted octanol–water partition coefficient (Wildman–Crippen LogP) is 2.41. The summed E-state index contributed by atoms with van der Waals surface area (Å²) in [5, 5.41) is 8.93. The van der Waals surface area contributed by atoms with Crippen molar-refractivity contribution in [3.63, 3.8) is 0 Å². The third-order valence-electron chi connectivity index (χ3n) is 2.13. The lowest BCUT2D eigenvalue weighted by Gasteiger charge is -2.02. The number of rotatable bonds is 1. The molecule has 4 nitrogen and oxygen atoms in total. The summed E-state index contributed by atoms with van der Waals surface area (Å²) in [4.78, 5) is 22.7. The highest BCUT2D eigenvalue weighted by Crippen LogP contribution is 2.26. The van der Waals surface area contributed by atoms with E-state index in [-0.39, 0.29) is 0 Å². The molecule has 0 bridgehead atoms. The van der Waals surface area contributed by atoms with Gasteiger partial charge in [-0.15, -0.1) is 0 Å². The predicted molar refractivity (Wildman–Crippen MR) is 77.5 cm³/mol. The lowest BCUT2D eigenvalue weighted by molar-refractivity contribution is 0.363.